The third-order valence-electron chi connectivity index (χ3n) is 3.44. The van der Waals surface area contributed by atoms with E-state index in [0.29, 0.717) is 35.9 Å². The van der Waals surface area contributed by atoms with E-state index in [4.69, 9.17) is 4.74 Å². The van der Waals surface area contributed by atoms with Crippen LogP contribution < -0.4 is 15.4 Å². The number of benzene rings is 2. The number of rotatable bonds is 6. The lowest BCUT2D eigenvalue weighted by Crippen LogP contribution is -2.37. The zero-order chi connectivity index (χ0) is 17.4. The Kier molecular flexibility index (Phi) is 6.42. The van der Waals surface area contributed by atoms with Crippen molar-refractivity contribution in [3.63, 3.8) is 0 Å². The lowest BCUT2D eigenvalue weighted by molar-refractivity contribution is 0.411. The summed E-state index contributed by atoms with van der Waals surface area (Å²) in [4.78, 5) is 4.42. The molecule has 24 heavy (non-hydrogen) atoms. The van der Waals surface area contributed by atoms with E-state index in [9.17, 15) is 9.50 Å². The molecule has 6 heteroatoms. The van der Waals surface area contributed by atoms with Crippen molar-refractivity contribution in [3.05, 3.63) is 59.4 Å². The van der Waals surface area contributed by atoms with Crippen LogP contribution in [0.15, 0.2) is 47.5 Å². The fourth-order valence-corrected chi connectivity index (χ4v) is 2.14. The molecule has 2 aromatic rings. The van der Waals surface area contributed by atoms with Gasteiger partial charge >= 0.3 is 0 Å². The number of aromatic hydroxyl groups is 1. The number of hydrogen-bond donors (Lipinski definition) is 3. The van der Waals surface area contributed by atoms with Crippen LogP contribution in [0.2, 0.25) is 0 Å². The maximum Gasteiger partial charge on any atom is 0.191 e. The lowest BCUT2D eigenvalue weighted by atomic mass is 10.2. The largest absolute Gasteiger partial charge is 0.508 e. The smallest absolute Gasteiger partial charge is 0.191 e. The van der Waals surface area contributed by atoms with Crippen molar-refractivity contribution in [2.24, 2.45) is 4.99 Å². The molecule has 0 bridgehead atoms. The number of ether oxygens (including phenoxy) is 1. The van der Waals surface area contributed by atoms with Gasteiger partial charge in [-0.2, -0.15) is 0 Å². The molecule has 0 spiro atoms. The van der Waals surface area contributed by atoms with Crippen molar-refractivity contribution in [3.8, 4) is 11.5 Å². The van der Waals surface area contributed by atoms with Crippen LogP contribution >= 0.6 is 0 Å². The van der Waals surface area contributed by atoms with Crippen LogP contribution in [0.1, 0.15) is 18.1 Å². The minimum absolute atomic E-state index is 0.157. The van der Waals surface area contributed by atoms with Crippen LogP contribution in [0.5, 0.6) is 11.5 Å². The fourth-order valence-electron chi connectivity index (χ4n) is 2.14. The van der Waals surface area contributed by atoms with Crippen molar-refractivity contribution < 1.29 is 14.2 Å². The summed E-state index contributed by atoms with van der Waals surface area (Å²) in [6.07, 6.45) is 0. The molecular formula is C18H22FN3O2. The van der Waals surface area contributed by atoms with E-state index in [-0.39, 0.29) is 18.1 Å². The van der Waals surface area contributed by atoms with Crippen LogP contribution in [-0.4, -0.2) is 24.7 Å². The monoisotopic (exact) mass is 331 g/mol. The van der Waals surface area contributed by atoms with Crippen LogP contribution in [0.3, 0.4) is 0 Å². The molecule has 0 saturated carbocycles. The van der Waals surface area contributed by atoms with E-state index in [2.05, 4.69) is 15.6 Å². The Morgan fingerprint density at radius 1 is 1.17 bits per heavy atom. The van der Waals surface area contributed by atoms with E-state index in [1.807, 2.05) is 6.92 Å². The summed E-state index contributed by atoms with van der Waals surface area (Å²) in [5.74, 6) is 1.10. The van der Waals surface area contributed by atoms with Crippen molar-refractivity contribution in [2.75, 3.05) is 13.7 Å². The quantitative estimate of drug-likeness (QED) is 0.562. The topological polar surface area (TPSA) is 65.9 Å². The summed E-state index contributed by atoms with van der Waals surface area (Å²) in [7, 11) is 1.57. The van der Waals surface area contributed by atoms with E-state index in [0.717, 1.165) is 0 Å². The van der Waals surface area contributed by atoms with E-state index >= 15 is 0 Å². The number of nitrogens with zero attached hydrogens (tertiary/aromatic N) is 1. The van der Waals surface area contributed by atoms with Gasteiger partial charge in [0.15, 0.2) is 5.96 Å². The molecule has 0 aromatic heterocycles. The maximum atomic E-state index is 13.7. The summed E-state index contributed by atoms with van der Waals surface area (Å²) in [5.41, 5.74) is 1.21. The molecule has 0 amide bonds. The minimum Gasteiger partial charge on any atom is -0.508 e. The van der Waals surface area contributed by atoms with Crippen molar-refractivity contribution >= 4 is 5.96 Å². The second kappa shape index (κ2) is 8.76. The summed E-state index contributed by atoms with van der Waals surface area (Å²) in [6, 6.07) is 11.6. The molecule has 3 N–H and O–H groups in total. The van der Waals surface area contributed by atoms with Crippen LogP contribution in [0.4, 0.5) is 4.39 Å². The van der Waals surface area contributed by atoms with Gasteiger partial charge in [0.2, 0.25) is 0 Å². The van der Waals surface area contributed by atoms with Gasteiger partial charge in [-0.25, -0.2) is 9.38 Å². The van der Waals surface area contributed by atoms with Crippen LogP contribution in [0.25, 0.3) is 0 Å². The number of hydrogen-bond acceptors (Lipinski definition) is 3. The molecular weight excluding hydrogens is 309 g/mol. The Balaban J connectivity index is 2.06. The Morgan fingerprint density at radius 2 is 1.96 bits per heavy atom. The van der Waals surface area contributed by atoms with Gasteiger partial charge < -0.3 is 20.5 Å². The van der Waals surface area contributed by atoms with Gasteiger partial charge in [-0.05, 0) is 31.2 Å². The highest BCUT2D eigenvalue weighted by molar-refractivity contribution is 5.79. The SMILES string of the molecule is CCNC(=NCc1cc(OC)ccc1O)NCc1ccccc1F. The predicted molar refractivity (Wildman–Crippen MR) is 92.7 cm³/mol. The zero-order valence-corrected chi connectivity index (χ0v) is 13.8. The van der Waals surface area contributed by atoms with Gasteiger partial charge in [-0.3, -0.25) is 0 Å². The van der Waals surface area contributed by atoms with Crippen LogP contribution in [-0.2, 0) is 13.1 Å². The number of guanidine groups is 1. The van der Waals surface area contributed by atoms with E-state index in [1.165, 1.54) is 6.07 Å². The van der Waals surface area contributed by atoms with Crippen molar-refractivity contribution in [1.29, 1.82) is 0 Å². The van der Waals surface area contributed by atoms with Crippen molar-refractivity contribution in [1.82, 2.24) is 10.6 Å². The zero-order valence-electron chi connectivity index (χ0n) is 13.8. The number of halogens is 1. The average molecular weight is 331 g/mol. The molecule has 0 aliphatic rings. The standard InChI is InChI=1S/C18H22FN3O2/c1-3-20-18(21-11-13-6-4-5-7-16(13)19)22-12-14-10-15(24-2)8-9-17(14)23/h4-10,23H,3,11-12H2,1-2H3,(H2,20,21,22). The molecule has 0 heterocycles. The molecule has 5 nitrogen and oxygen atoms in total. The molecule has 0 saturated heterocycles. The van der Waals surface area contributed by atoms with E-state index in [1.54, 1.807) is 43.5 Å². The van der Waals surface area contributed by atoms with Crippen molar-refractivity contribution in [2.45, 2.75) is 20.0 Å². The highest BCUT2D eigenvalue weighted by Gasteiger charge is 2.05. The van der Waals surface area contributed by atoms with Gasteiger partial charge in [-0.15, -0.1) is 0 Å². The summed E-state index contributed by atoms with van der Waals surface area (Å²) in [5, 5.41) is 16.1. The first kappa shape index (κ1) is 17.6. The molecule has 0 radical (unpaired) electrons. The second-order valence-corrected chi connectivity index (χ2v) is 5.13. The summed E-state index contributed by atoms with van der Waals surface area (Å²) in [6.45, 7) is 3.22. The summed E-state index contributed by atoms with van der Waals surface area (Å²) >= 11 is 0. The van der Waals surface area contributed by atoms with Crippen LogP contribution in [0, 0.1) is 5.82 Å². The molecule has 2 aromatic carbocycles. The molecule has 0 atom stereocenters. The highest BCUT2D eigenvalue weighted by Crippen LogP contribution is 2.23. The number of phenols is 1. The minimum atomic E-state index is -0.258. The number of nitrogens with one attached hydrogen (secondary N) is 2. The second-order valence-electron chi connectivity index (χ2n) is 5.13. The van der Waals surface area contributed by atoms with Gasteiger partial charge in [0.1, 0.15) is 17.3 Å². The third kappa shape index (κ3) is 4.87. The first-order valence-electron chi connectivity index (χ1n) is 7.75. The molecule has 0 aliphatic carbocycles. The Hall–Kier alpha value is -2.76. The van der Waals surface area contributed by atoms with Gasteiger partial charge in [0.05, 0.1) is 13.7 Å². The Bertz CT molecular complexity index is 704. The molecule has 0 fully saturated rings. The summed E-state index contributed by atoms with van der Waals surface area (Å²) < 4.78 is 18.8. The van der Waals surface area contributed by atoms with Gasteiger partial charge in [-0.1, -0.05) is 18.2 Å². The first-order valence-corrected chi connectivity index (χ1v) is 7.75. The number of methoxy groups -OCH3 is 1. The normalized spacial score (nSPS) is 11.2. The lowest BCUT2D eigenvalue weighted by Gasteiger charge is -2.12. The fraction of sp³-hybridized carbons (Fsp3) is 0.278. The third-order valence-corrected chi connectivity index (χ3v) is 3.44. The maximum absolute atomic E-state index is 13.7. The highest BCUT2D eigenvalue weighted by atomic mass is 19.1. The van der Waals surface area contributed by atoms with Gasteiger partial charge in [0.25, 0.3) is 0 Å². The molecule has 128 valence electrons. The Morgan fingerprint density at radius 3 is 2.67 bits per heavy atom. The molecule has 0 unspecified atom stereocenters. The molecule has 0 aliphatic heterocycles. The average Bonchev–Trinajstić information content (AvgIpc) is 2.60. The molecule has 2 rings (SSSR count). The number of aliphatic imine (C=N–C) groups is 1. The van der Waals surface area contributed by atoms with E-state index < -0.39 is 0 Å². The van der Waals surface area contributed by atoms with Gasteiger partial charge in [0, 0.05) is 24.2 Å². The predicted octanol–water partition coefficient (Wildman–Crippen LogP) is 2.80. The first-order chi connectivity index (χ1) is 11.6. The Labute approximate surface area is 141 Å². The number of phenolic OH excluding ortho intramolecular Hbond substituents is 1.